The summed E-state index contributed by atoms with van der Waals surface area (Å²) >= 11 is 0. The maximum absolute atomic E-state index is 10.5. The number of nitriles is 2. The summed E-state index contributed by atoms with van der Waals surface area (Å²) in [5.41, 5.74) is -2.41. The van der Waals surface area contributed by atoms with Crippen molar-refractivity contribution in [3.8, 4) is 12.1 Å². The van der Waals surface area contributed by atoms with Crippen LogP contribution >= 0.6 is 0 Å². The summed E-state index contributed by atoms with van der Waals surface area (Å²) in [7, 11) is 0. The molecule has 0 fully saturated rings. The van der Waals surface area contributed by atoms with Crippen molar-refractivity contribution in [2.45, 2.75) is 50.6 Å². The van der Waals surface area contributed by atoms with E-state index in [-0.39, 0.29) is 19.4 Å². The Labute approximate surface area is 117 Å². The molecule has 0 aromatic heterocycles. The Hall–Kier alpha value is -2.03. The smallest absolute Gasteiger partial charge is 0.303 e. The molecule has 0 radical (unpaired) electrons. The molecule has 0 amide bonds. The lowest BCUT2D eigenvalue weighted by molar-refractivity contribution is -0.243. The molecular weight excluding hydrogens is 264 g/mol. The molecule has 2 atom stereocenters. The Morgan fingerprint density at radius 1 is 1.20 bits per heavy atom. The van der Waals surface area contributed by atoms with Crippen molar-refractivity contribution in [2.24, 2.45) is 10.2 Å². The third-order valence-corrected chi connectivity index (χ3v) is 2.70. The highest BCUT2D eigenvalue weighted by Gasteiger charge is 2.28. The first-order valence-corrected chi connectivity index (χ1v) is 6.05. The average molecular weight is 282 g/mol. The van der Waals surface area contributed by atoms with Crippen LogP contribution < -0.4 is 0 Å². The van der Waals surface area contributed by atoms with Crippen molar-refractivity contribution in [1.29, 1.82) is 10.5 Å². The molecule has 20 heavy (non-hydrogen) atoms. The number of azo groups is 1. The lowest BCUT2D eigenvalue weighted by Gasteiger charge is -2.18. The van der Waals surface area contributed by atoms with Crippen LogP contribution in [0.25, 0.3) is 0 Å². The van der Waals surface area contributed by atoms with Crippen LogP contribution in [0, 0.1) is 22.7 Å². The van der Waals surface area contributed by atoms with Crippen LogP contribution in [0.5, 0.6) is 0 Å². The second-order valence-electron chi connectivity index (χ2n) is 4.80. The third-order valence-electron chi connectivity index (χ3n) is 2.70. The SMILES string of the molecule is CC(C#N)(CCCOO)N=NC(C)(C#N)CCC(=O)O. The Morgan fingerprint density at radius 2 is 1.70 bits per heavy atom. The second kappa shape index (κ2) is 8.20. The predicted molar refractivity (Wildman–Crippen MR) is 67.6 cm³/mol. The minimum absolute atomic E-state index is 0.0175. The molecule has 0 saturated carbocycles. The highest BCUT2D eigenvalue weighted by Crippen LogP contribution is 2.23. The van der Waals surface area contributed by atoms with Crippen LogP contribution in [-0.2, 0) is 9.68 Å². The average Bonchev–Trinajstić information content (AvgIpc) is 2.43. The quantitative estimate of drug-likeness (QED) is 0.287. The van der Waals surface area contributed by atoms with Crippen molar-refractivity contribution in [2.75, 3.05) is 6.61 Å². The highest BCUT2D eigenvalue weighted by atomic mass is 17.1. The minimum Gasteiger partial charge on any atom is -0.481 e. The second-order valence-corrected chi connectivity index (χ2v) is 4.80. The molecule has 0 saturated heterocycles. The standard InChI is InChI=1S/C12H18N4O4/c1-11(8-13,5-3-7-20-19)15-16-12(2,9-14)6-4-10(17)18/h19H,3-7H2,1-2H3,(H,17,18). The highest BCUT2D eigenvalue weighted by molar-refractivity contribution is 5.66. The van der Waals surface area contributed by atoms with Gasteiger partial charge in [0.1, 0.15) is 0 Å². The van der Waals surface area contributed by atoms with E-state index in [4.69, 9.17) is 20.9 Å². The minimum atomic E-state index is -1.27. The van der Waals surface area contributed by atoms with Gasteiger partial charge in [0.2, 0.25) is 0 Å². The van der Waals surface area contributed by atoms with Gasteiger partial charge in [0.25, 0.3) is 0 Å². The van der Waals surface area contributed by atoms with Crippen molar-refractivity contribution in [1.82, 2.24) is 0 Å². The van der Waals surface area contributed by atoms with Crippen molar-refractivity contribution < 1.29 is 20.0 Å². The molecule has 2 unspecified atom stereocenters. The van der Waals surface area contributed by atoms with E-state index >= 15 is 0 Å². The van der Waals surface area contributed by atoms with E-state index < -0.39 is 17.0 Å². The fourth-order valence-corrected chi connectivity index (χ4v) is 1.31. The monoisotopic (exact) mass is 282 g/mol. The Bertz CT molecular complexity index is 440. The number of hydrogen-bond acceptors (Lipinski definition) is 7. The van der Waals surface area contributed by atoms with E-state index in [1.54, 1.807) is 6.92 Å². The number of carboxylic acids is 1. The van der Waals surface area contributed by atoms with E-state index in [0.717, 1.165) is 0 Å². The Kier molecular flexibility index (Phi) is 7.37. The summed E-state index contributed by atoms with van der Waals surface area (Å²) in [5.74, 6) is -1.02. The van der Waals surface area contributed by atoms with Crippen LogP contribution in [0.1, 0.15) is 39.5 Å². The van der Waals surface area contributed by atoms with Crippen LogP contribution in [0.15, 0.2) is 10.2 Å². The number of aliphatic carboxylic acids is 1. The summed E-state index contributed by atoms with van der Waals surface area (Å²) in [5, 5.41) is 42.7. The zero-order chi connectivity index (χ0) is 15.6. The third kappa shape index (κ3) is 6.78. The molecular formula is C12H18N4O4. The zero-order valence-electron chi connectivity index (χ0n) is 11.5. The van der Waals surface area contributed by atoms with Gasteiger partial charge >= 0.3 is 5.97 Å². The molecule has 0 aliphatic carbocycles. The Balaban J connectivity index is 4.79. The van der Waals surface area contributed by atoms with Crippen molar-refractivity contribution >= 4 is 5.97 Å². The van der Waals surface area contributed by atoms with Gasteiger partial charge in [-0.25, -0.2) is 4.89 Å². The summed E-state index contributed by atoms with van der Waals surface area (Å²) < 4.78 is 0. The predicted octanol–water partition coefficient (Wildman–Crippen LogP) is 2.14. The maximum Gasteiger partial charge on any atom is 0.303 e. The van der Waals surface area contributed by atoms with Gasteiger partial charge in [0, 0.05) is 6.42 Å². The molecule has 0 aromatic rings. The molecule has 0 bridgehead atoms. The van der Waals surface area contributed by atoms with Gasteiger partial charge in [-0.3, -0.25) is 10.1 Å². The maximum atomic E-state index is 10.5. The van der Waals surface area contributed by atoms with Crippen LogP contribution in [0.3, 0.4) is 0 Å². The summed E-state index contributed by atoms with van der Waals surface area (Å²) in [6.07, 6.45) is 0.514. The summed E-state index contributed by atoms with van der Waals surface area (Å²) in [6, 6.07) is 3.88. The fourth-order valence-electron chi connectivity index (χ4n) is 1.31. The molecule has 110 valence electrons. The van der Waals surface area contributed by atoms with Gasteiger partial charge in [-0.15, -0.1) is 0 Å². The van der Waals surface area contributed by atoms with E-state index in [0.29, 0.717) is 12.8 Å². The van der Waals surface area contributed by atoms with E-state index in [2.05, 4.69) is 15.1 Å². The fraction of sp³-hybridized carbons (Fsp3) is 0.750. The normalized spacial score (nSPS) is 16.9. The van der Waals surface area contributed by atoms with E-state index in [1.807, 2.05) is 12.1 Å². The molecule has 0 rings (SSSR count). The topological polar surface area (TPSA) is 139 Å². The lowest BCUT2D eigenvalue weighted by atomic mass is 9.98. The van der Waals surface area contributed by atoms with Gasteiger partial charge in [-0.1, -0.05) is 0 Å². The van der Waals surface area contributed by atoms with Crippen molar-refractivity contribution in [3.05, 3.63) is 0 Å². The van der Waals surface area contributed by atoms with Gasteiger partial charge in [0.05, 0.1) is 18.7 Å². The number of nitrogens with zero attached hydrogens (tertiary/aromatic N) is 4. The Morgan fingerprint density at radius 3 is 2.10 bits per heavy atom. The lowest BCUT2D eigenvalue weighted by Crippen LogP contribution is -2.24. The molecule has 0 aliphatic heterocycles. The van der Waals surface area contributed by atoms with E-state index in [1.165, 1.54) is 6.92 Å². The first kappa shape index (κ1) is 18.0. The number of rotatable bonds is 9. The summed E-state index contributed by atoms with van der Waals surface area (Å²) in [6.45, 7) is 3.08. The number of hydrogen-bond donors (Lipinski definition) is 2. The molecule has 0 heterocycles. The molecule has 0 aliphatic rings. The van der Waals surface area contributed by atoms with Gasteiger partial charge in [-0.05, 0) is 33.1 Å². The number of carbonyl (C=O) groups is 1. The molecule has 8 nitrogen and oxygen atoms in total. The number of carboxylic acid groups (broad SMARTS) is 1. The largest absolute Gasteiger partial charge is 0.481 e. The summed E-state index contributed by atoms with van der Waals surface area (Å²) in [4.78, 5) is 14.4. The van der Waals surface area contributed by atoms with Gasteiger partial charge in [0.15, 0.2) is 11.1 Å². The molecule has 2 N–H and O–H groups in total. The first-order valence-electron chi connectivity index (χ1n) is 6.05. The van der Waals surface area contributed by atoms with Crippen molar-refractivity contribution in [3.63, 3.8) is 0 Å². The van der Waals surface area contributed by atoms with Crippen LogP contribution in [0.4, 0.5) is 0 Å². The molecule has 0 spiro atoms. The molecule has 8 heteroatoms. The van der Waals surface area contributed by atoms with Crippen LogP contribution in [0.2, 0.25) is 0 Å². The molecule has 0 aromatic carbocycles. The zero-order valence-corrected chi connectivity index (χ0v) is 11.5. The van der Waals surface area contributed by atoms with Gasteiger partial charge in [-0.2, -0.15) is 20.8 Å². The van der Waals surface area contributed by atoms with E-state index in [9.17, 15) is 4.79 Å². The van der Waals surface area contributed by atoms with Gasteiger partial charge < -0.3 is 5.11 Å². The first-order chi connectivity index (χ1) is 9.31. The van der Waals surface area contributed by atoms with Crippen LogP contribution in [-0.4, -0.2) is 34.0 Å².